The maximum atomic E-state index is 9.93. The summed E-state index contributed by atoms with van der Waals surface area (Å²) in [7, 11) is 0. The summed E-state index contributed by atoms with van der Waals surface area (Å²) in [4.78, 5) is 0. The second-order valence-corrected chi connectivity index (χ2v) is 4.34. The Morgan fingerprint density at radius 2 is 2.00 bits per heavy atom. The predicted octanol–water partition coefficient (Wildman–Crippen LogP) is 4.07. The Labute approximate surface area is 94.7 Å². The van der Waals surface area contributed by atoms with Crippen LogP contribution in [0.5, 0.6) is 0 Å². The van der Waals surface area contributed by atoms with Gasteiger partial charge >= 0.3 is 0 Å². The Morgan fingerprint density at radius 1 is 1.36 bits per heavy atom. The Morgan fingerprint density at radius 3 is 2.50 bits per heavy atom. The minimum Gasteiger partial charge on any atom is -0.388 e. The first-order chi connectivity index (χ1) is 6.56. The van der Waals surface area contributed by atoms with Crippen LogP contribution in [0.4, 0.5) is 0 Å². The molecule has 2 atom stereocenters. The maximum Gasteiger partial charge on any atom is 0.0829 e. The van der Waals surface area contributed by atoms with Gasteiger partial charge in [0.25, 0.3) is 0 Å². The van der Waals surface area contributed by atoms with Gasteiger partial charge in [-0.2, -0.15) is 0 Å². The Bertz CT molecular complexity index is 312. The van der Waals surface area contributed by atoms with Crippen LogP contribution in [0, 0.1) is 5.92 Å². The molecule has 0 spiro atoms. The van der Waals surface area contributed by atoms with Crippen molar-refractivity contribution in [1.29, 1.82) is 0 Å². The molecule has 0 saturated carbocycles. The first-order valence-electron chi connectivity index (χ1n) is 4.69. The molecule has 0 radical (unpaired) electrons. The van der Waals surface area contributed by atoms with Gasteiger partial charge < -0.3 is 5.11 Å². The number of aliphatic hydroxyl groups excluding tert-OH is 1. The fourth-order valence-corrected chi connectivity index (χ4v) is 1.79. The van der Waals surface area contributed by atoms with Gasteiger partial charge in [-0.05, 0) is 23.6 Å². The molecule has 1 aromatic rings. The summed E-state index contributed by atoms with van der Waals surface area (Å²) in [5.74, 6) is 0.202. The van der Waals surface area contributed by atoms with Crippen LogP contribution in [0.3, 0.4) is 0 Å². The molecule has 0 aliphatic heterocycles. The van der Waals surface area contributed by atoms with Crippen molar-refractivity contribution in [2.75, 3.05) is 0 Å². The lowest BCUT2D eigenvalue weighted by Gasteiger charge is -2.18. The van der Waals surface area contributed by atoms with Crippen molar-refractivity contribution >= 4 is 23.2 Å². The highest BCUT2D eigenvalue weighted by atomic mass is 35.5. The summed E-state index contributed by atoms with van der Waals surface area (Å²) in [6.45, 7) is 4.04. The summed E-state index contributed by atoms with van der Waals surface area (Å²) in [5, 5.41) is 11.1. The molecule has 14 heavy (non-hydrogen) atoms. The van der Waals surface area contributed by atoms with Crippen molar-refractivity contribution in [3.05, 3.63) is 33.8 Å². The number of halogens is 2. The number of aliphatic hydroxyl groups is 1. The molecule has 0 aliphatic carbocycles. The second kappa shape index (κ2) is 5.01. The van der Waals surface area contributed by atoms with E-state index < -0.39 is 6.10 Å². The van der Waals surface area contributed by atoms with Gasteiger partial charge in [0.15, 0.2) is 0 Å². The molecule has 0 heterocycles. The van der Waals surface area contributed by atoms with E-state index in [1.165, 1.54) is 0 Å². The zero-order valence-electron chi connectivity index (χ0n) is 8.30. The average Bonchev–Trinajstić information content (AvgIpc) is 2.15. The van der Waals surface area contributed by atoms with Gasteiger partial charge in [0.2, 0.25) is 0 Å². The van der Waals surface area contributed by atoms with Gasteiger partial charge in [-0.15, -0.1) is 0 Å². The molecule has 0 amide bonds. The molecule has 1 nitrogen and oxygen atoms in total. The van der Waals surface area contributed by atoms with E-state index in [1.54, 1.807) is 18.2 Å². The van der Waals surface area contributed by atoms with E-state index in [9.17, 15) is 5.11 Å². The van der Waals surface area contributed by atoms with Crippen LogP contribution in [0.1, 0.15) is 31.9 Å². The first kappa shape index (κ1) is 11.8. The van der Waals surface area contributed by atoms with E-state index in [0.717, 1.165) is 12.0 Å². The molecule has 0 fully saturated rings. The van der Waals surface area contributed by atoms with Crippen molar-refractivity contribution in [2.24, 2.45) is 5.92 Å². The topological polar surface area (TPSA) is 20.2 Å². The maximum absolute atomic E-state index is 9.93. The molecule has 0 bridgehead atoms. The van der Waals surface area contributed by atoms with Crippen LogP contribution in [0.15, 0.2) is 18.2 Å². The van der Waals surface area contributed by atoms with E-state index in [2.05, 4.69) is 0 Å². The van der Waals surface area contributed by atoms with Gasteiger partial charge in [-0.3, -0.25) is 0 Å². The lowest BCUT2D eigenvalue weighted by atomic mass is 9.95. The van der Waals surface area contributed by atoms with Crippen LogP contribution in [-0.2, 0) is 0 Å². The zero-order chi connectivity index (χ0) is 10.7. The fourth-order valence-electron chi connectivity index (χ4n) is 1.27. The van der Waals surface area contributed by atoms with Crippen LogP contribution in [0.25, 0.3) is 0 Å². The van der Waals surface area contributed by atoms with E-state index >= 15 is 0 Å². The summed E-state index contributed by atoms with van der Waals surface area (Å²) < 4.78 is 0. The highest BCUT2D eigenvalue weighted by Crippen LogP contribution is 2.31. The highest BCUT2D eigenvalue weighted by molar-refractivity contribution is 6.35. The third-order valence-corrected chi connectivity index (χ3v) is 3.03. The number of rotatable bonds is 3. The third kappa shape index (κ3) is 2.63. The Kier molecular flexibility index (Phi) is 4.24. The Hall–Kier alpha value is -0.240. The molecule has 0 saturated heterocycles. The SMILES string of the molecule is CCC(C)C(O)c1ccc(Cl)cc1Cl. The van der Waals surface area contributed by atoms with E-state index in [1.807, 2.05) is 13.8 Å². The molecule has 0 aromatic heterocycles. The van der Waals surface area contributed by atoms with Crippen molar-refractivity contribution in [2.45, 2.75) is 26.4 Å². The largest absolute Gasteiger partial charge is 0.388 e. The van der Waals surface area contributed by atoms with Gasteiger partial charge in [-0.1, -0.05) is 49.5 Å². The van der Waals surface area contributed by atoms with Gasteiger partial charge in [0.05, 0.1) is 6.10 Å². The van der Waals surface area contributed by atoms with E-state index in [4.69, 9.17) is 23.2 Å². The number of hydrogen-bond donors (Lipinski definition) is 1. The van der Waals surface area contributed by atoms with Gasteiger partial charge in [0.1, 0.15) is 0 Å². The van der Waals surface area contributed by atoms with E-state index in [0.29, 0.717) is 10.0 Å². The normalized spacial score (nSPS) is 15.2. The lowest BCUT2D eigenvalue weighted by Crippen LogP contribution is -2.08. The predicted molar refractivity (Wildman–Crippen MR) is 60.9 cm³/mol. The smallest absolute Gasteiger partial charge is 0.0829 e. The van der Waals surface area contributed by atoms with Crippen LogP contribution >= 0.6 is 23.2 Å². The molecular formula is C11H14Cl2O. The second-order valence-electron chi connectivity index (χ2n) is 3.50. The summed E-state index contributed by atoms with van der Waals surface area (Å²) in [5.41, 5.74) is 0.755. The molecule has 78 valence electrons. The van der Waals surface area contributed by atoms with Crippen LogP contribution in [-0.4, -0.2) is 5.11 Å². The summed E-state index contributed by atoms with van der Waals surface area (Å²) >= 11 is 11.7. The molecule has 3 heteroatoms. The van der Waals surface area contributed by atoms with Crippen molar-refractivity contribution in [3.8, 4) is 0 Å². The summed E-state index contributed by atoms with van der Waals surface area (Å²) in [6.07, 6.45) is 0.407. The minimum absolute atomic E-state index is 0.202. The third-order valence-electron chi connectivity index (χ3n) is 2.46. The lowest BCUT2D eigenvalue weighted by molar-refractivity contribution is 0.115. The minimum atomic E-state index is -0.509. The standard InChI is InChI=1S/C11H14Cl2O/c1-3-7(2)11(14)9-5-4-8(12)6-10(9)13/h4-7,11,14H,3H2,1-2H3. The number of benzene rings is 1. The first-order valence-corrected chi connectivity index (χ1v) is 5.44. The van der Waals surface area contributed by atoms with Crippen LogP contribution < -0.4 is 0 Å². The molecule has 2 unspecified atom stereocenters. The molecule has 1 aromatic carbocycles. The zero-order valence-corrected chi connectivity index (χ0v) is 9.81. The van der Waals surface area contributed by atoms with E-state index in [-0.39, 0.29) is 5.92 Å². The van der Waals surface area contributed by atoms with Crippen molar-refractivity contribution in [1.82, 2.24) is 0 Å². The quantitative estimate of drug-likeness (QED) is 0.834. The monoisotopic (exact) mass is 232 g/mol. The molecule has 1 rings (SSSR count). The summed E-state index contributed by atoms with van der Waals surface area (Å²) in [6, 6.07) is 5.18. The van der Waals surface area contributed by atoms with Crippen molar-refractivity contribution in [3.63, 3.8) is 0 Å². The van der Waals surface area contributed by atoms with Gasteiger partial charge in [-0.25, -0.2) is 0 Å². The highest BCUT2D eigenvalue weighted by Gasteiger charge is 2.17. The average molecular weight is 233 g/mol. The van der Waals surface area contributed by atoms with Gasteiger partial charge in [0, 0.05) is 10.0 Å². The van der Waals surface area contributed by atoms with Crippen LogP contribution in [0.2, 0.25) is 10.0 Å². The Balaban J connectivity index is 2.95. The molecule has 1 N–H and O–H groups in total. The fraction of sp³-hybridized carbons (Fsp3) is 0.455. The number of hydrogen-bond acceptors (Lipinski definition) is 1. The molecule has 0 aliphatic rings. The molecular weight excluding hydrogens is 219 g/mol. The van der Waals surface area contributed by atoms with Crippen molar-refractivity contribution < 1.29 is 5.11 Å².